The molecule has 1 aliphatic heterocycles. The first-order chi connectivity index (χ1) is 15.1. The summed E-state index contributed by atoms with van der Waals surface area (Å²) >= 11 is 0. The Morgan fingerprint density at radius 3 is 2.48 bits per heavy atom. The van der Waals surface area contributed by atoms with Crippen molar-refractivity contribution in [3.8, 4) is 28.6 Å². The number of nitriles is 1. The molecule has 6 heteroatoms. The van der Waals surface area contributed by atoms with E-state index in [0.717, 1.165) is 48.4 Å². The molecule has 3 aromatic rings. The summed E-state index contributed by atoms with van der Waals surface area (Å²) < 4.78 is 1.68. The highest BCUT2D eigenvalue weighted by molar-refractivity contribution is 5.79. The van der Waals surface area contributed by atoms with E-state index in [9.17, 15) is 4.79 Å². The van der Waals surface area contributed by atoms with E-state index in [1.54, 1.807) is 23.7 Å². The molecule has 1 fully saturated rings. The Morgan fingerprint density at radius 1 is 1.16 bits per heavy atom. The lowest BCUT2D eigenvalue weighted by Gasteiger charge is -2.18. The molecule has 2 aromatic carbocycles. The Morgan fingerprint density at radius 2 is 1.87 bits per heavy atom. The lowest BCUT2D eigenvalue weighted by Crippen LogP contribution is -2.27. The fourth-order valence-electron chi connectivity index (χ4n) is 4.01. The minimum Gasteiger partial charge on any atom is -0.365 e. The van der Waals surface area contributed by atoms with E-state index < -0.39 is 0 Å². The van der Waals surface area contributed by atoms with Crippen LogP contribution < -0.4 is 16.2 Å². The molecule has 1 atom stereocenters. The standard InChI is InChI=1S/C25H27N5O/c1-3-17-4-10-21(11-5-17)23-22(20-8-6-18(14-26)7-9-20)29-24(25(31)30(23)2)28-16-19-12-13-27-15-19/h4-11,19,27H,3,12-13,15-16H2,1-2H3,(H,28,29)/t19-/m0/s1. The zero-order valence-corrected chi connectivity index (χ0v) is 18.0. The smallest absolute Gasteiger partial charge is 0.293 e. The fourth-order valence-corrected chi connectivity index (χ4v) is 4.01. The largest absolute Gasteiger partial charge is 0.365 e. The van der Waals surface area contributed by atoms with E-state index in [2.05, 4.69) is 35.8 Å². The highest BCUT2D eigenvalue weighted by atomic mass is 16.1. The maximum absolute atomic E-state index is 13.2. The molecule has 0 radical (unpaired) electrons. The molecule has 1 saturated heterocycles. The number of nitrogens with one attached hydrogen (secondary N) is 2. The molecule has 0 aliphatic carbocycles. The van der Waals surface area contributed by atoms with Gasteiger partial charge in [0.1, 0.15) is 0 Å². The monoisotopic (exact) mass is 413 g/mol. The first kappa shape index (κ1) is 20.8. The first-order valence-electron chi connectivity index (χ1n) is 10.8. The molecule has 31 heavy (non-hydrogen) atoms. The van der Waals surface area contributed by atoms with Crippen molar-refractivity contribution < 1.29 is 0 Å². The predicted molar refractivity (Wildman–Crippen MR) is 124 cm³/mol. The summed E-state index contributed by atoms with van der Waals surface area (Å²) in [5.74, 6) is 0.855. The maximum Gasteiger partial charge on any atom is 0.293 e. The molecule has 0 bridgehead atoms. The van der Waals surface area contributed by atoms with Gasteiger partial charge in [-0.3, -0.25) is 4.79 Å². The van der Waals surface area contributed by atoms with Gasteiger partial charge >= 0.3 is 0 Å². The number of anilines is 1. The van der Waals surface area contributed by atoms with Crippen LogP contribution in [0.1, 0.15) is 24.5 Å². The van der Waals surface area contributed by atoms with E-state index in [0.29, 0.717) is 23.8 Å². The van der Waals surface area contributed by atoms with Gasteiger partial charge in [0.25, 0.3) is 5.56 Å². The zero-order valence-electron chi connectivity index (χ0n) is 18.0. The van der Waals surface area contributed by atoms with Crippen molar-refractivity contribution in [3.05, 3.63) is 70.0 Å². The van der Waals surface area contributed by atoms with Crippen molar-refractivity contribution in [2.75, 3.05) is 25.0 Å². The minimum absolute atomic E-state index is 0.141. The van der Waals surface area contributed by atoms with Gasteiger partial charge in [0, 0.05) is 24.7 Å². The van der Waals surface area contributed by atoms with Crippen LogP contribution in [0.5, 0.6) is 0 Å². The van der Waals surface area contributed by atoms with E-state index in [-0.39, 0.29) is 5.56 Å². The second-order valence-electron chi connectivity index (χ2n) is 8.00. The molecule has 158 valence electrons. The Balaban J connectivity index is 1.82. The molecule has 2 N–H and O–H groups in total. The molecular weight excluding hydrogens is 386 g/mol. The van der Waals surface area contributed by atoms with Crippen LogP contribution in [0, 0.1) is 17.2 Å². The van der Waals surface area contributed by atoms with Crippen LogP contribution in [0.3, 0.4) is 0 Å². The number of aryl methyl sites for hydroxylation is 1. The molecular formula is C25H27N5O. The van der Waals surface area contributed by atoms with E-state index in [4.69, 9.17) is 10.2 Å². The topological polar surface area (TPSA) is 82.7 Å². The molecule has 1 aliphatic rings. The summed E-state index contributed by atoms with van der Waals surface area (Å²) in [4.78, 5) is 17.9. The van der Waals surface area contributed by atoms with Crippen molar-refractivity contribution >= 4 is 5.82 Å². The number of nitrogens with zero attached hydrogens (tertiary/aromatic N) is 3. The van der Waals surface area contributed by atoms with Crippen LogP contribution in [0.25, 0.3) is 22.5 Å². The minimum atomic E-state index is -0.141. The molecule has 1 aromatic heterocycles. The summed E-state index contributed by atoms with van der Waals surface area (Å²) in [5, 5.41) is 15.8. The lowest BCUT2D eigenvalue weighted by molar-refractivity contribution is 0.613. The van der Waals surface area contributed by atoms with Crippen LogP contribution in [-0.4, -0.2) is 29.2 Å². The Kier molecular flexibility index (Phi) is 6.15. The molecule has 0 unspecified atom stereocenters. The van der Waals surface area contributed by atoms with Crippen molar-refractivity contribution in [1.29, 1.82) is 5.26 Å². The second-order valence-corrected chi connectivity index (χ2v) is 8.00. The third-order valence-corrected chi connectivity index (χ3v) is 5.93. The van der Waals surface area contributed by atoms with Gasteiger partial charge < -0.3 is 15.2 Å². The average molecular weight is 414 g/mol. The third-order valence-electron chi connectivity index (χ3n) is 5.93. The van der Waals surface area contributed by atoms with Crippen molar-refractivity contribution in [2.45, 2.75) is 19.8 Å². The van der Waals surface area contributed by atoms with E-state index in [1.807, 2.05) is 24.3 Å². The molecule has 2 heterocycles. The first-order valence-corrected chi connectivity index (χ1v) is 10.8. The van der Waals surface area contributed by atoms with Crippen LogP contribution in [0.15, 0.2) is 53.3 Å². The van der Waals surface area contributed by atoms with Gasteiger partial charge in [0.2, 0.25) is 0 Å². The van der Waals surface area contributed by atoms with E-state index >= 15 is 0 Å². The molecule has 0 spiro atoms. The van der Waals surface area contributed by atoms with Crippen molar-refractivity contribution in [3.63, 3.8) is 0 Å². The van der Waals surface area contributed by atoms with Gasteiger partial charge in [-0.25, -0.2) is 4.98 Å². The lowest BCUT2D eigenvalue weighted by atomic mass is 10.0. The zero-order chi connectivity index (χ0) is 21.8. The second kappa shape index (κ2) is 9.15. The van der Waals surface area contributed by atoms with Gasteiger partial charge in [-0.1, -0.05) is 43.3 Å². The quantitative estimate of drug-likeness (QED) is 0.646. The summed E-state index contributed by atoms with van der Waals surface area (Å²) in [6.45, 7) is 4.81. The molecule has 0 amide bonds. The summed E-state index contributed by atoms with van der Waals surface area (Å²) in [6, 6.07) is 17.7. The number of benzene rings is 2. The molecule has 6 nitrogen and oxygen atoms in total. The highest BCUT2D eigenvalue weighted by Crippen LogP contribution is 2.30. The van der Waals surface area contributed by atoms with Gasteiger partial charge in [-0.05, 0) is 49.5 Å². The highest BCUT2D eigenvalue weighted by Gasteiger charge is 2.20. The van der Waals surface area contributed by atoms with Crippen LogP contribution in [0.4, 0.5) is 5.82 Å². The predicted octanol–water partition coefficient (Wildman–Crippen LogP) is 3.57. The normalized spacial score (nSPS) is 15.6. The van der Waals surface area contributed by atoms with Crippen LogP contribution in [0.2, 0.25) is 0 Å². The van der Waals surface area contributed by atoms with Gasteiger partial charge in [-0.15, -0.1) is 0 Å². The van der Waals surface area contributed by atoms with Crippen molar-refractivity contribution in [1.82, 2.24) is 14.9 Å². The number of hydrogen-bond donors (Lipinski definition) is 2. The molecule has 0 saturated carbocycles. The Labute approximate surface area is 182 Å². The summed E-state index contributed by atoms with van der Waals surface area (Å²) in [6.07, 6.45) is 2.05. The maximum atomic E-state index is 13.2. The number of hydrogen-bond acceptors (Lipinski definition) is 5. The fraction of sp³-hybridized carbons (Fsp3) is 0.320. The summed E-state index contributed by atoms with van der Waals surface area (Å²) in [5.41, 5.74) is 5.00. The molecule has 4 rings (SSSR count). The Bertz CT molecular complexity index is 1150. The third kappa shape index (κ3) is 4.37. The average Bonchev–Trinajstić information content (AvgIpc) is 3.34. The number of aromatic nitrogens is 2. The van der Waals surface area contributed by atoms with Gasteiger partial charge in [-0.2, -0.15) is 5.26 Å². The van der Waals surface area contributed by atoms with Crippen LogP contribution >= 0.6 is 0 Å². The summed E-state index contributed by atoms with van der Waals surface area (Å²) in [7, 11) is 1.79. The van der Waals surface area contributed by atoms with Crippen LogP contribution in [-0.2, 0) is 13.5 Å². The number of rotatable bonds is 6. The van der Waals surface area contributed by atoms with Gasteiger partial charge in [0.05, 0.1) is 23.0 Å². The Hall–Kier alpha value is -3.43. The van der Waals surface area contributed by atoms with Gasteiger partial charge in [0.15, 0.2) is 5.82 Å². The van der Waals surface area contributed by atoms with E-state index in [1.165, 1.54) is 5.56 Å². The SMILES string of the molecule is CCc1ccc(-c2c(-c3ccc(C#N)cc3)nc(NC[C@H]3CCNC3)c(=O)n2C)cc1. The van der Waals surface area contributed by atoms with Crippen molar-refractivity contribution in [2.24, 2.45) is 13.0 Å².